The van der Waals surface area contributed by atoms with Crippen molar-refractivity contribution >= 4 is 0 Å². The molecule has 0 aromatic heterocycles. The van der Waals surface area contributed by atoms with E-state index in [1.54, 1.807) is 0 Å². The molecular weight excluding hydrogens is 267 g/mol. The Hall–Kier alpha value is -0.330. The molecule has 0 aliphatic carbocycles. The number of halogens is 3. The summed E-state index contributed by atoms with van der Waals surface area (Å²) in [6.45, 7) is 11.2. The summed E-state index contributed by atoms with van der Waals surface area (Å²) < 4.78 is 36.8. The fourth-order valence-electron chi connectivity index (χ4n) is 2.25. The second-order valence-corrected chi connectivity index (χ2v) is 6.79. The van der Waals surface area contributed by atoms with Gasteiger partial charge in [-0.2, -0.15) is 13.2 Å². The molecule has 1 rings (SSSR count). The molecule has 0 unspecified atom stereocenters. The van der Waals surface area contributed by atoms with Crippen molar-refractivity contribution < 1.29 is 13.2 Å². The first-order valence-corrected chi connectivity index (χ1v) is 7.38. The Morgan fingerprint density at radius 3 is 1.95 bits per heavy atom. The molecule has 0 spiro atoms. The van der Waals surface area contributed by atoms with Crippen molar-refractivity contribution in [3.8, 4) is 0 Å². The maximum atomic E-state index is 12.3. The Bertz CT molecular complexity index is 266. The SMILES string of the molecule is CC(C)(C)CCNCCN1CCN(CC(F)(F)F)CC1. The van der Waals surface area contributed by atoms with Crippen LogP contribution in [-0.2, 0) is 0 Å². The molecule has 1 heterocycles. The van der Waals surface area contributed by atoms with Gasteiger partial charge < -0.3 is 5.32 Å². The van der Waals surface area contributed by atoms with Crippen LogP contribution >= 0.6 is 0 Å². The molecule has 1 aliphatic rings. The smallest absolute Gasteiger partial charge is 0.315 e. The van der Waals surface area contributed by atoms with E-state index in [0.29, 0.717) is 18.5 Å². The van der Waals surface area contributed by atoms with Crippen molar-refractivity contribution in [2.75, 3.05) is 52.4 Å². The van der Waals surface area contributed by atoms with E-state index >= 15 is 0 Å². The summed E-state index contributed by atoms with van der Waals surface area (Å²) in [4.78, 5) is 3.72. The van der Waals surface area contributed by atoms with Gasteiger partial charge in [-0.1, -0.05) is 20.8 Å². The number of rotatable bonds is 6. The quantitative estimate of drug-likeness (QED) is 0.758. The van der Waals surface area contributed by atoms with E-state index in [-0.39, 0.29) is 0 Å². The summed E-state index contributed by atoms with van der Waals surface area (Å²) in [5, 5.41) is 3.40. The maximum absolute atomic E-state index is 12.3. The van der Waals surface area contributed by atoms with Crippen molar-refractivity contribution in [2.45, 2.75) is 33.4 Å². The predicted octanol–water partition coefficient (Wildman–Crippen LogP) is 2.19. The predicted molar refractivity (Wildman–Crippen MR) is 75.9 cm³/mol. The number of hydrogen-bond acceptors (Lipinski definition) is 3. The first kappa shape index (κ1) is 17.7. The zero-order chi connectivity index (χ0) is 15.2. The van der Waals surface area contributed by atoms with Crippen LogP contribution in [0.4, 0.5) is 13.2 Å². The second kappa shape index (κ2) is 7.61. The molecule has 6 heteroatoms. The Balaban J connectivity index is 2.05. The molecule has 0 atom stereocenters. The monoisotopic (exact) mass is 295 g/mol. The zero-order valence-corrected chi connectivity index (χ0v) is 12.9. The van der Waals surface area contributed by atoms with E-state index in [4.69, 9.17) is 0 Å². The van der Waals surface area contributed by atoms with Gasteiger partial charge in [-0.15, -0.1) is 0 Å². The highest BCUT2D eigenvalue weighted by Gasteiger charge is 2.31. The number of piperazine rings is 1. The van der Waals surface area contributed by atoms with Crippen molar-refractivity contribution in [2.24, 2.45) is 5.41 Å². The van der Waals surface area contributed by atoms with Gasteiger partial charge in [0.25, 0.3) is 0 Å². The molecule has 1 saturated heterocycles. The molecular formula is C14H28F3N3. The van der Waals surface area contributed by atoms with Gasteiger partial charge in [0.15, 0.2) is 0 Å². The minimum Gasteiger partial charge on any atom is -0.315 e. The standard InChI is InChI=1S/C14H28F3N3/c1-13(2,3)4-5-18-6-7-19-8-10-20(11-9-19)12-14(15,16)17/h18H,4-12H2,1-3H3. The average molecular weight is 295 g/mol. The summed E-state index contributed by atoms with van der Waals surface area (Å²) >= 11 is 0. The molecule has 3 nitrogen and oxygen atoms in total. The first-order chi connectivity index (χ1) is 9.16. The lowest BCUT2D eigenvalue weighted by Crippen LogP contribution is -2.50. The maximum Gasteiger partial charge on any atom is 0.401 e. The topological polar surface area (TPSA) is 18.5 Å². The summed E-state index contributed by atoms with van der Waals surface area (Å²) in [5.74, 6) is 0. The lowest BCUT2D eigenvalue weighted by atomic mass is 9.92. The Morgan fingerprint density at radius 2 is 1.45 bits per heavy atom. The van der Waals surface area contributed by atoms with Gasteiger partial charge in [0.05, 0.1) is 6.54 Å². The fourth-order valence-corrected chi connectivity index (χ4v) is 2.25. The highest BCUT2D eigenvalue weighted by molar-refractivity contribution is 4.74. The fraction of sp³-hybridized carbons (Fsp3) is 1.00. The Kier molecular flexibility index (Phi) is 6.75. The van der Waals surface area contributed by atoms with E-state index in [2.05, 4.69) is 31.0 Å². The molecule has 0 radical (unpaired) electrons. The summed E-state index contributed by atoms with van der Waals surface area (Å²) in [5.41, 5.74) is 0.343. The van der Waals surface area contributed by atoms with Crippen LogP contribution in [0.5, 0.6) is 0 Å². The second-order valence-electron chi connectivity index (χ2n) is 6.79. The van der Waals surface area contributed by atoms with E-state index in [1.807, 2.05) is 0 Å². The largest absolute Gasteiger partial charge is 0.401 e. The zero-order valence-electron chi connectivity index (χ0n) is 12.9. The van der Waals surface area contributed by atoms with Crippen LogP contribution in [0.2, 0.25) is 0 Å². The minimum absolute atomic E-state index is 0.343. The normalized spacial score (nSPS) is 19.5. The van der Waals surface area contributed by atoms with Gasteiger partial charge in [-0.3, -0.25) is 9.80 Å². The Labute approximate surface area is 120 Å². The van der Waals surface area contributed by atoms with E-state index in [9.17, 15) is 13.2 Å². The van der Waals surface area contributed by atoms with Crippen molar-refractivity contribution in [1.82, 2.24) is 15.1 Å². The lowest BCUT2D eigenvalue weighted by Gasteiger charge is -2.35. The highest BCUT2D eigenvalue weighted by Crippen LogP contribution is 2.18. The van der Waals surface area contributed by atoms with Crippen molar-refractivity contribution in [1.29, 1.82) is 0 Å². The van der Waals surface area contributed by atoms with Crippen LogP contribution < -0.4 is 5.32 Å². The molecule has 1 N–H and O–H groups in total. The summed E-state index contributed by atoms with van der Waals surface area (Å²) in [6.07, 6.45) is -2.94. The van der Waals surface area contributed by atoms with Crippen LogP contribution in [0, 0.1) is 5.41 Å². The first-order valence-electron chi connectivity index (χ1n) is 7.38. The van der Waals surface area contributed by atoms with Gasteiger partial charge in [-0.25, -0.2) is 0 Å². The van der Waals surface area contributed by atoms with Gasteiger partial charge >= 0.3 is 6.18 Å². The molecule has 20 heavy (non-hydrogen) atoms. The van der Waals surface area contributed by atoms with Crippen LogP contribution in [0.1, 0.15) is 27.2 Å². The molecule has 0 aromatic rings. The molecule has 0 amide bonds. The van der Waals surface area contributed by atoms with Gasteiger partial charge in [0, 0.05) is 39.3 Å². The molecule has 0 saturated carbocycles. The number of hydrogen-bond donors (Lipinski definition) is 1. The molecule has 1 fully saturated rings. The molecule has 120 valence electrons. The van der Waals surface area contributed by atoms with Crippen LogP contribution in [0.3, 0.4) is 0 Å². The van der Waals surface area contributed by atoms with Crippen LogP contribution in [0.25, 0.3) is 0 Å². The third-order valence-corrected chi connectivity index (χ3v) is 3.52. The number of nitrogens with one attached hydrogen (secondary N) is 1. The van der Waals surface area contributed by atoms with E-state index in [0.717, 1.165) is 39.1 Å². The Morgan fingerprint density at radius 1 is 0.900 bits per heavy atom. The third kappa shape index (κ3) is 8.76. The highest BCUT2D eigenvalue weighted by atomic mass is 19.4. The molecule has 1 aliphatic heterocycles. The summed E-state index contributed by atoms with van der Waals surface area (Å²) in [6, 6.07) is 0. The van der Waals surface area contributed by atoms with E-state index in [1.165, 1.54) is 4.90 Å². The summed E-state index contributed by atoms with van der Waals surface area (Å²) in [7, 11) is 0. The van der Waals surface area contributed by atoms with Gasteiger partial charge in [0.1, 0.15) is 0 Å². The van der Waals surface area contributed by atoms with Crippen LogP contribution in [-0.4, -0.2) is 68.3 Å². The van der Waals surface area contributed by atoms with Gasteiger partial charge in [0.2, 0.25) is 0 Å². The van der Waals surface area contributed by atoms with Gasteiger partial charge in [-0.05, 0) is 18.4 Å². The van der Waals surface area contributed by atoms with Crippen molar-refractivity contribution in [3.05, 3.63) is 0 Å². The van der Waals surface area contributed by atoms with Crippen LogP contribution in [0.15, 0.2) is 0 Å². The van der Waals surface area contributed by atoms with Crippen molar-refractivity contribution in [3.63, 3.8) is 0 Å². The lowest BCUT2D eigenvalue weighted by molar-refractivity contribution is -0.149. The average Bonchev–Trinajstić information content (AvgIpc) is 2.27. The third-order valence-electron chi connectivity index (χ3n) is 3.52. The number of alkyl halides is 3. The number of nitrogens with zero attached hydrogens (tertiary/aromatic N) is 2. The van der Waals surface area contributed by atoms with E-state index < -0.39 is 12.7 Å². The molecule has 0 aromatic carbocycles. The minimum atomic E-state index is -4.07. The molecule has 0 bridgehead atoms.